The molecule has 0 spiro atoms. The first-order valence-corrected chi connectivity index (χ1v) is 8.23. The van der Waals surface area contributed by atoms with E-state index < -0.39 is 0 Å². The average molecular weight is 304 g/mol. The van der Waals surface area contributed by atoms with Gasteiger partial charge in [0.25, 0.3) is 0 Å². The van der Waals surface area contributed by atoms with Crippen LogP contribution in [0.5, 0.6) is 0 Å². The standard InChI is InChI=1S/C15H20N4OS/c1-18-5-2-6-19(8-7-18)15-11(9-16)12(17)14(21-15)13(20)10-3-4-10/h10H,2-8,17H2,1H3. The van der Waals surface area contributed by atoms with Crippen molar-refractivity contribution in [3.63, 3.8) is 0 Å². The van der Waals surface area contributed by atoms with Crippen LogP contribution < -0.4 is 10.6 Å². The topological polar surface area (TPSA) is 73.4 Å². The molecule has 2 N–H and O–H groups in total. The van der Waals surface area contributed by atoms with Crippen LogP contribution in [0.1, 0.15) is 34.5 Å². The van der Waals surface area contributed by atoms with Crippen LogP contribution in [0.2, 0.25) is 0 Å². The lowest BCUT2D eigenvalue weighted by atomic mass is 10.1. The lowest BCUT2D eigenvalue weighted by molar-refractivity contribution is 0.0972. The van der Waals surface area contributed by atoms with Gasteiger partial charge < -0.3 is 15.5 Å². The largest absolute Gasteiger partial charge is 0.396 e. The van der Waals surface area contributed by atoms with Crippen molar-refractivity contribution in [1.29, 1.82) is 5.26 Å². The third-order valence-corrected chi connectivity index (χ3v) is 5.50. The van der Waals surface area contributed by atoms with E-state index in [1.165, 1.54) is 11.3 Å². The van der Waals surface area contributed by atoms with Gasteiger partial charge in [-0.2, -0.15) is 5.26 Å². The summed E-state index contributed by atoms with van der Waals surface area (Å²) in [6.07, 6.45) is 2.98. The quantitative estimate of drug-likeness (QED) is 0.864. The van der Waals surface area contributed by atoms with E-state index in [0.717, 1.165) is 50.4 Å². The fourth-order valence-electron chi connectivity index (χ4n) is 2.73. The summed E-state index contributed by atoms with van der Waals surface area (Å²) in [6.45, 7) is 3.82. The molecule has 3 rings (SSSR count). The number of likely N-dealkylation sites (N-methyl/N-ethyl adjacent to an activating group) is 1. The average Bonchev–Trinajstić information content (AvgIpc) is 3.27. The van der Waals surface area contributed by atoms with E-state index in [0.29, 0.717) is 16.1 Å². The molecule has 112 valence electrons. The van der Waals surface area contributed by atoms with Crippen LogP contribution in [0.15, 0.2) is 0 Å². The zero-order valence-electron chi connectivity index (χ0n) is 12.3. The second kappa shape index (κ2) is 5.66. The highest BCUT2D eigenvalue weighted by Gasteiger charge is 2.34. The van der Waals surface area contributed by atoms with Gasteiger partial charge in [0.2, 0.25) is 0 Å². The Kier molecular flexibility index (Phi) is 3.87. The number of rotatable bonds is 3. The van der Waals surface area contributed by atoms with E-state index >= 15 is 0 Å². The van der Waals surface area contributed by atoms with E-state index in [-0.39, 0.29) is 11.7 Å². The Labute approximate surface area is 128 Å². The van der Waals surface area contributed by atoms with Crippen molar-refractivity contribution in [2.24, 2.45) is 5.92 Å². The molecule has 1 aromatic rings. The molecule has 2 heterocycles. The first kappa shape index (κ1) is 14.4. The number of nitrogens with two attached hydrogens (primary N) is 1. The van der Waals surface area contributed by atoms with E-state index in [9.17, 15) is 10.1 Å². The Balaban J connectivity index is 1.92. The maximum atomic E-state index is 12.3. The van der Waals surface area contributed by atoms with Crippen LogP contribution in [-0.4, -0.2) is 43.9 Å². The number of anilines is 2. The summed E-state index contributed by atoms with van der Waals surface area (Å²) in [5.74, 6) is 0.271. The van der Waals surface area contributed by atoms with Crippen molar-refractivity contribution < 1.29 is 4.79 Å². The second-order valence-corrected chi connectivity index (χ2v) is 6.92. The SMILES string of the molecule is CN1CCCN(c2sc(C(=O)C3CC3)c(N)c2C#N)CC1. The molecule has 1 saturated heterocycles. The summed E-state index contributed by atoms with van der Waals surface area (Å²) >= 11 is 1.41. The van der Waals surface area contributed by atoms with Crippen molar-refractivity contribution >= 4 is 27.8 Å². The molecule has 5 nitrogen and oxygen atoms in total. The van der Waals surface area contributed by atoms with Crippen LogP contribution in [0.3, 0.4) is 0 Å². The lowest BCUT2D eigenvalue weighted by Gasteiger charge is -2.21. The summed E-state index contributed by atoms with van der Waals surface area (Å²) in [6, 6.07) is 2.21. The number of hydrogen-bond donors (Lipinski definition) is 1. The summed E-state index contributed by atoms with van der Waals surface area (Å²) in [4.78, 5) is 17.4. The predicted molar refractivity (Wildman–Crippen MR) is 84.8 cm³/mol. The summed E-state index contributed by atoms with van der Waals surface area (Å²) in [7, 11) is 2.11. The van der Waals surface area contributed by atoms with Crippen LogP contribution in [0, 0.1) is 17.2 Å². The van der Waals surface area contributed by atoms with Crippen LogP contribution >= 0.6 is 11.3 Å². The molecule has 1 saturated carbocycles. The molecule has 1 aliphatic heterocycles. The van der Waals surface area contributed by atoms with Crippen LogP contribution in [-0.2, 0) is 0 Å². The lowest BCUT2D eigenvalue weighted by Crippen LogP contribution is -2.28. The number of thiophene rings is 1. The van der Waals surface area contributed by atoms with Crippen molar-refractivity contribution in [2.45, 2.75) is 19.3 Å². The Bertz CT molecular complexity index is 600. The van der Waals surface area contributed by atoms with E-state index in [4.69, 9.17) is 5.73 Å². The Morgan fingerprint density at radius 1 is 1.33 bits per heavy atom. The smallest absolute Gasteiger partial charge is 0.178 e. The van der Waals surface area contributed by atoms with Gasteiger partial charge in [0.1, 0.15) is 16.6 Å². The van der Waals surface area contributed by atoms with E-state index in [2.05, 4.69) is 22.9 Å². The van der Waals surface area contributed by atoms with Crippen molar-refractivity contribution in [2.75, 3.05) is 43.9 Å². The molecule has 21 heavy (non-hydrogen) atoms. The number of Topliss-reactive ketones (excluding diaryl/α,β-unsaturated/α-hetero) is 1. The molecule has 0 bridgehead atoms. The number of hydrogen-bond acceptors (Lipinski definition) is 6. The summed E-state index contributed by atoms with van der Waals surface area (Å²) in [5, 5.41) is 10.3. The number of nitrogen functional groups attached to an aromatic ring is 1. The molecule has 0 aromatic carbocycles. The number of carbonyl (C=O) groups excluding carboxylic acids is 1. The van der Waals surface area contributed by atoms with Gasteiger partial charge in [0.05, 0.1) is 10.6 Å². The minimum absolute atomic E-state index is 0.132. The highest BCUT2D eigenvalue weighted by molar-refractivity contribution is 7.19. The molecular formula is C15H20N4OS. The second-order valence-electron chi connectivity index (χ2n) is 5.92. The Morgan fingerprint density at radius 3 is 2.76 bits per heavy atom. The summed E-state index contributed by atoms with van der Waals surface area (Å²) in [5.41, 5.74) is 6.97. The maximum absolute atomic E-state index is 12.3. The fourth-order valence-corrected chi connectivity index (χ4v) is 3.97. The Morgan fingerprint density at radius 2 is 2.10 bits per heavy atom. The Hall–Kier alpha value is -1.58. The monoisotopic (exact) mass is 304 g/mol. The minimum atomic E-state index is 0.132. The maximum Gasteiger partial charge on any atom is 0.178 e. The van der Waals surface area contributed by atoms with Crippen molar-refractivity contribution in [3.05, 3.63) is 10.4 Å². The van der Waals surface area contributed by atoms with Gasteiger partial charge in [-0.15, -0.1) is 11.3 Å². The number of carbonyl (C=O) groups is 1. The zero-order valence-corrected chi connectivity index (χ0v) is 13.1. The van der Waals surface area contributed by atoms with Gasteiger partial charge in [-0.1, -0.05) is 0 Å². The normalized spacial score (nSPS) is 20.1. The first-order valence-electron chi connectivity index (χ1n) is 7.42. The number of nitrogens with zero attached hydrogens (tertiary/aromatic N) is 3. The van der Waals surface area contributed by atoms with Gasteiger partial charge in [-0.3, -0.25) is 4.79 Å². The molecular weight excluding hydrogens is 284 g/mol. The predicted octanol–water partition coefficient (Wildman–Crippen LogP) is 1.94. The zero-order chi connectivity index (χ0) is 15.0. The highest BCUT2D eigenvalue weighted by atomic mass is 32.1. The van der Waals surface area contributed by atoms with Crippen LogP contribution in [0.4, 0.5) is 10.7 Å². The molecule has 2 aliphatic rings. The first-order chi connectivity index (χ1) is 10.1. The number of nitriles is 1. The van der Waals surface area contributed by atoms with Crippen molar-refractivity contribution in [3.8, 4) is 6.07 Å². The van der Waals surface area contributed by atoms with E-state index in [1.54, 1.807) is 0 Å². The van der Waals surface area contributed by atoms with Gasteiger partial charge in [0.15, 0.2) is 5.78 Å². The molecule has 0 atom stereocenters. The van der Waals surface area contributed by atoms with Gasteiger partial charge >= 0.3 is 0 Å². The molecule has 0 amide bonds. The highest BCUT2D eigenvalue weighted by Crippen LogP contribution is 2.43. The third-order valence-electron chi connectivity index (χ3n) is 4.22. The third kappa shape index (κ3) is 2.76. The van der Waals surface area contributed by atoms with Gasteiger partial charge in [-0.25, -0.2) is 0 Å². The van der Waals surface area contributed by atoms with E-state index in [1.807, 2.05) is 0 Å². The number of ketones is 1. The van der Waals surface area contributed by atoms with Gasteiger partial charge in [-0.05, 0) is 32.9 Å². The fraction of sp³-hybridized carbons (Fsp3) is 0.600. The molecule has 0 radical (unpaired) electrons. The van der Waals surface area contributed by atoms with Crippen LogP contribution in [0.25, 0.3) is 0 Å². The molecule has 1 aromatic heterocycles. The molecule has 6 heteroatoms. The molecule has 1 aliphatic carbocycles. The van der Waals surface area contributed by atoms with Crippen molar-refractivity contribution in [1.82, 2.24) is 4.90 Å². The molecule has 2 fully saturated rings. The summed E-state index contributed by atoms with van der Waals surface area (Å²) < 4.78 is 0. The van der Waals surface area contributed by atoms with Gasteiger partial charge in [0, 0.05) is 25.6 Å². The minimum Gasteiger partial charge on any atom is -0.396 e. The molecule has 0 unspecified atom stereocenters.